The van der Waals surface area contributed by atoms with Gasteiger partial charge in [0, 0.05) is 37.3 Å². The summed E-state index contributed by atoms with van der Waals surface area (Å²) in [6, 6.07) is 8.27. The Kier molecular flexibility index (Phi) is 7.85. The number of halogens is 1. The van der Waals surface area contributed by atoms with Crippen LogP contribution in [-0.2, 0) is 14.3 Å². The molecule has 156 valence electrons. The zero-order valence-corrected chi connectivity index (χ0v) is 16.6. The largest absolute Gasteiger partial charge is 0.484 e. The monoisotopic (exact) mass is 422 g/mol. The van der Waals surface area contributed by atoms with Crippen LogP contribution in [0.3, 0.4) is 0 Å². The van der Waals surface area contributed by atoms with E-state index >= 15 is 0 Å². The van der Waals surface area contributed by atoms with Crippen LogP contribution in [0.25, 0.3) is 0 Å². The second-order valence-electron chi connectivity index (χ2n) is 6.44. The number of rotatable bonds is 9. The molecular formula is C19H23ClN4O5. The molecule has 0 unspecified atom stereocenters. The number of morpholine rings is 1. The zero-order valence-electron chi connectivity index (χ0n) is 15.9. The summed E-state index contributed by atoms with van der Waals surface area (Å²) in [6.07, 6.45) is 1.36. The Morgan fingerprint density at radius 3 is 2.66 bits per heavy atom. The Labute approximate surface area is 173 Å². The Morgan fingerprint density at radius 1 is 1.21 bits per heavy atom. The van der Waals surface area contributed by atoms with Crippen molar-refractivity contribution in [2.24, 2.45) is 0 Å². The number of nitrogens with one attached hydrogen (secondary N) is 1. The number of aromatic nitrogens is 1. The van der Waals surface area contributed by atoms with Crippen molar-refractivity contribution in [2.75, 3.05) is 57.9 Å². The van der Waals surface area contributed by atoms with Gasteiger partial charge in [-0.1, -0.05) is 16.8 Å². The number of nitrogens with zero attached hydrogens (tertiary/aromatic N) is 3. The van der Waals surface area contributed by atoms with E-state index in [2.05, 4.69) is 15.4 Å². The molecule has 1 fully saturated rings. The standard InChI is InChI=1S/C19H23ClN4O5/c20-15-1-3-16(4-2-15)28-14-19(26)24(7-6-23-8-11-27-12-9-23)13-18(25)21-17-5-10-29-22-17/h1-5,10H,6-9,11-14H2,(H,21,22,25). The lowest BCUT2D eigenvalue weighted by molar-refractivity contribution is -0.136. The number of carbonyl (C=O) groups excluding carboxylic acids is 2. The highest BCUT2D eigenvalue weighted by Gasteiger charge is 2.20. The minimum absolute atomic E-state index is 0.111. The summed E-state index contributed by atoms with van der Waals surface area (Å²) in [5.74, 6) is 0.181. The first-order valence-electron chi connectivity index (χ1n) is 9.26. The van der Waals surface area contributed by atoms with Crippen molar-refractivity contribution in [2.45, 2.75) is 0 Å². The lowest BCUT2D eigenvalue weighted by atomic mass is 10.3. The van der Waals surface area contributed by atoms with Crippen molar-refractivity contribution in [1.82, 2.24) is 15.0 Å². The quantitative estimate of drug-likeness (QED) is 0.654. The van der Waals surface area contributed by atoms with Crippen LogP contribution in [0.4, 0.5) is 5.82 Å². The van der Waals surface area contributed by atoms with Gasteiger partial charge in [-0.25, -0.2) is 0 Å². The van der Waals surface area contributed by atoms with Crippen molar-refractivity contribution in [3.05, 3.63) is 41.6 Å². The van der Waals surface area contributed by atoms with Gasteiger partial charge in [0.05, 0.1) is 13.2 Å². The fraction of sp³-hybridized carbons (Fsp3) is 0.421. The van der Waals surface area contributed by atoms with E-state index in [1.807, 2.05) is 0 Å². The van der Waals surface area contributed by atoms with E-state index in [9.17, 15) is 9.59 Å². The van der Waals surface area contributed by atoms with Crippen LogP contribution >= 0.6 is 11.6 Å². The van der Waals surface area contributed by atoms with Gasteiger partial charge in [-0.2, -0.15) is 0 Å². The predicted molar refractivity (Wildman–Crippen MR) is 106 cm³/mol. The molecule has 2 aromatic rings. The van der Waals surface area contributed by atoms with E-state index < -0.39 is 0 Å². The molecule has 1 saturated heterocycles. The van der Waals surface area contributed by atoms with Gasteiger partial charge in [0.2, 0.25) is 5.91 Å². The fourth-order valence-electron chi connectivity index (χ4n) is 2.78. The number of carbonyl (C=O) groups is 2. The average Bonchev–Trinajstić information content (AvgIpc) is 3.24. The molecule has 1 N–H and O–H groups in total. The van der Waals surface area contributed by atoms with Crippen LogP contribution in [-0.4, -0.2) is 79.3 Å². The maximum absolute atomic E-state index is 12.7. The molecule has 3 rings (SSSR count). The first-order chi connectivity index (χ1) is 14.1. The summed E-state index contributed by atoms with van der Waals surface area (Å²) >= 11 is 5.85. The van der Waals surface area contributed by atoms with Crippen LogP contribution in [0.15, 0.2) is 41.1 Å². The van der Waals surface area contributed by atoms with E-state index in [1.165, 1.54) is 17.2 Å². The maximum Gasteiger partial charge on any atom is 0.261 e. The molecule has 0 atom stereocenters. The minimum atomic E-state index is -0.360. The van der Waals surface area contributed by atoms with E-state index in [4.69, 9.17) is 25.6 Å². The smallest absolute Gasteiger partial charge is 0.261 e. The predicted octanol–water partition coefficient (Wildman–Crippen LogP) is 1.51. The van der Waals surface area contributed by atoms with Crippen LogP contribution in [0, 0.1) is 0 Å². The van der Waals surface area contributed by atoms with Crippen molar-refractivity contribution in [3.63, 3.8) is 0 Å². The van der Waals surface area contributed by atoms with Gasteiger partial charge in [-0.15, -0.1) is 0 Å². The van der Waals surface area contributed by atoms with Crippen molar-refractivity contribution in [3.8, 4) is 5.75 Å². The molecule has 1 aliphatic heterocycles. The number of hydrogen-bond donors (Lipinski definition) is 1. The van der Waals surface area contributed by atoms with Gasteiger partial charge in [0.1, 0.15) is 18.6 Å². The number of hydrogen-bond acceptors (Lipinski definition) is 7. The lowest BCUT2D eigenvalue weighted by Gasteiger charge is -2.29. The van der Waals surface area contributed by atoms with Gasteiger partial charge in [0.15, 0.2) is 12.4 Å². The third-order valence-electron chi connectivity index (χ3n) is 4.36. The highest BCUT2D eigenvalue weighted by Crippen LogP contribution is 2.15. The molecule has 0 saturated carbocycles. The summed E-state index contributed by atoms with van der Waals surface area (Å²) in [5.41, 5.74) is 0. The highest BCUT2D eigenvalue weighted by molar-refractivity contribution is 6.30. The highest BCUT2D eigenvalue weighted by atomic mass is 35.5. The molecule has 1 aromatic carbocycles. The molecular weight excluding hydrogens is 400 g/mol. The maximum atomic E-state index is 12.7. The Morgan fingerprint density at radius 2 is 1.97 bits per heavy atom. The molecule has 2 heterocycles. The summed E-state index contributed by atoms with van der Waals surface area (Å²) in [6.45, 7) is 3.69. The molecule has 0 aliphatic carbocycles. The normalized spacial score (nSPS) is 14.4. The fourth-order valence-corrected chi connectivity index (χ4v) is 2.90. The Balaban J connectivity index is 1.55. The van der Waals surface area contributed by atoms with Gasteiger partial charge in [0.25, 0.3) is 5.91 Å². The molecule has 10 heteroatoms. The zero-order chi connectivity index (χ0) is 20.5. The molecule has 1 aliphatic rings. The van der Waals surface area contributed by atoms with E-state index in [0.717, 1.165) is 13.1 Å². The van der Waals surface area contributed by atoms with Gasteiger partial charge in [-0.05, 0) is 24.3 Å². The SMILES string of the molecule is O=C(CN(CCN1CCOCC1)C(=O)COc1ccc(Cl)cc1)Nc1ccon1. The van der Waals surface area contributed by atoms with Crippen molar-refractivity contribution in [1.29, 1.82) is 0 Å². The number of amides is 2. The topological polar surface area (TPSA) is 97.1 Å². The van der Waals surface area contributed by atoms with Crippen LogP contribution in [0.1, 0.15) is 0 Å². The van der Waals surface area contributed by atoms with Crippen LogP contribution < -0.4 is 10.1 Å². The van der Waals surface area contributed by atoms with E-state index in [-0.39, 0.29) is 25.0 Å². The number of benzene rings is 1. The molecule has 29 heavy (non-hydrogen) atoms. The van der Waals surface area contributed by atoms with Crippen molar-refractivity contribution < 1.29 is 23.6 Å². The summed E-state index contributed by atoms with van der Waals surface area (Å²) in [5, 5.41) is 6.83. The van der Waals surface area contributed by atoms with Gasteiger partial charge >= 0.3 is 0 Å². The summed E-state index contributed by atoms with van der Waals surface area (Å²) in [7, 11) is 0. The van der Waals surface area contributed by atoms with E-state index in [0.29, 0.717) is 42.9 Å². The third-order valence-corrected chi connectivity index (χ3v) is 4.61. The second-order valence-corrected chi connectivity index (χ2v) is 6.88. The Hall–Kier alpha value is -2.62. The number of ether oxygens (including phenoxy) is 2. The molecule has 0 spiro atoms. The molecule has 0 radical (unpaired) electrons. The Bertz CT molecular complexity index is 778. The molecule has 9 nitrogen and oxygen atoms in total. The van der Waals surface area contributed by atoms with Crippen molar-refractivity contribution >= 4 is 29.2 Å². The number of anilines is 1. The summed E-state index contributed by atoms with van der Waals surface area (Å²) < 4.78 is 15.6. The molecule has 2 amide bonds. The lowest BCUT2D eigenvalue weighted by Crippen LogP contribution is -2.46. The average molecular weight is 423 g/mol. The van der Waals surface area contributed by atoms with E-state index in [1.54, 1.807) is 24.3 Å². The summed E-state index contributed by atoms with van der Waals surface area (Å²) in [4.78, 5) is 28.7. The second kappa shape index (κ2) is 10.8. The first kappa shape index (κ1) is 21.1. The van der Waals surface area contributed by atoms with Crippen LogP contribution in [0.5, 0.6) is 5.75 Å². The molecule has 0 bridgehead atoms. The third kappa shape index (κ3) is 7.04. The van der Waals surface area contributed by atoms with Crippen LogP contribution in [0.2, 0.25) is 5.02 Å². The first-order valence-corrected chi connectivity index (χ1v) is 9.64. The van der Waals surface area contributed by atoms with Gasteiger partial charge in [-0.3, -0.25) is 14.5 Å². The molecule has 1 aromatic heterocycles. The van der Waals surface area contributed by atoms with Gasteiger partial charge < -0.3 is 24.2 Å². The minimum Gasteiger partial charge on any atom is -0.484 e.